The van der Waals surface area contributed by atoms with Crippen molar-refractivity contribution in [1.29, 1.82) is 0 Å². The number of amides is 2. The Labute approximate surface area is 292 Å². The molecule has 1 aliphatic heterocycles. The van der Waals surface area contributed by atoms with E-state index in [1.807, 2.05) is 43.5 Å². The Bertz CT molecular complexity index is 1880. The number of aromatic nitrogens is 2. The molecule has 0 radical (unpaired) electrons. The van der Waals surface area contributed by atoms with Gasteiger partial charge in [-0.2, -0.15) is 5.10 Å². The molecular formula is C35H34Cl2N4O8. The van der Waals surface area contributed by atoms with Crippen molar-refractivity contribution in [1.82, 2.24) is 15.1 Å². The molecule has 1 atom stereocenters. The number of para-hydroxylation sites is 1. The van der Waals surface area contributed by atoms with Gasteiger partial charge in [0.05, 0.1) is 48.6 Å². The van der Waals surface area contributed by atoms with E-state index in [-0.39, 0.29) is 16.5 Å². The van der Waals surface area contributed by atoms with Gasteiger partial charge < -0.3 is 29.9 Å². The lowest BCUT2D eigenvalue weighted by Crippen LogP contribution is -2.42. The Balaban J connectivity index is 1.25. The van der Waals surface area contributed by atoms with E-state index in [0.717, 1.165) is 16.7 Å². The summed E-state index contributed by atoms with van der Waals surface area (Å²) in [4.78, 5) is 50.1. The largest absolute Gasteiger partial charge is 0.493 e. The van der Waals surface area contributed by atoms with Crippen LogP contribution in [0.5, 0.6) is 11.5 Å². The van der Waals surface area contributed by atoms with Gasteiger partial charge in [-0.25, -0.2) is 4.79 Å². The number of nitrogens with zero attached hydrogens (tertiary/aromatic N) is 3. The Hall–Kier alpha value is -5.07. The van der Waals surface area contributed by atoms with Gasteiger partial charge in [0.2, 0.25) is 5.91 Å². The molecule has 3 N–H and O–H groups in total. The molecule has 14 heteroatoms. The van der Waals surface area contributed by atoms with E-state index in [4.69, 9.17) is 37.8 Å². The number of carboxylic acids is 2. The molecule has 1 aliphatic rings. The van der Waals surface area contributed by atoms with Gasteiger partial charge >= 0.3 is 11.9 Å². The van der Waals surface area contributed by atoms with Crippen molar-refractivity contribution in [2.24, 2.45) is 0 Å². The number of hydrogen-bond donors (Lipinski definition) is 3. The van der Waals surface area contributed by atoms with Crippen molar-refractivity contribution in [3.8, 4) is 22.6 Å². The number of carbonyl (C=O) groups excluding carboxylic acids is 2. The number of ether oxygens (including phenoxy) is 2. The third-order valence-corrected chi connectivity index (χ3v) is 8.64. The van der Waals surface area contributed by atoms with Crippen LogP contribution in [0.15, 0.2) is 67.0 Å². The highest BCUT2D eigenvalue weighted by atomic mass is 35.5. The zero-order chi connectivity index (χ0) is 35.1. The van der Waals surface area contributed by atoms with Crippen molar-refractivity contribution in [2.45, 2.75) is 45.2 Å². The summed E-state index contributed by atoms with van der Waals surface area (Å²) in [6, 6.07) is 14.2. The number of halogens is 2. The van der Waals surface area contributed by atoms with Crippen LogP contribution in [0.3, 0.4) is 0 Å². The second kappa shape index (κ2) is 15.9. The van der Waals surface area contributed by atoms with Crippen molar-refractivity contribution >= 4 is 52.6 Å². The van der Waals surface area contributed by atoms with Crippen molar-refractivity contribution in [2.75, 3.05) is 24.7 Å². The predicted octanol–water partition coefficient (Wildman–Crippen LogP) is 5.85. The molecule has 49 heavy (non-hydrogen) atoms. The summed E-state index contributed by atoms with van der Waals surface area (Å²) in [7, 11) is 0. The van der Waals surface area contributed by atoms with Crippen molar-refractivity contribution in [3.05, 3.63) is 93.7 Å². The number of hydrogen-bond acceptors (Lipinski definition) is 7. The smallest absolute Gasteiger partial charge is 0.326 e. The molecule has 0 saturated heterocycles. The highest BCUT2D eigenvalue weighted by Gasteiger charge is 2.26. The summed E-state index contributed by atoms with van der Waals surface area (Å²) >= 11 is 12.5. The molecule has 256 valence electrons. The topological polar surface area (TPSA) is 160 Å². The van der Waals surface area contributed by atoms with Crippen LogP contribution in [0.4, 0.5) is 5.69 Å². The fourth-order valence-electron chi connectivity index (χ4n) is 5.41. The minimum Gasteiger partial charge on any atom is -0.493 e. The van der Waals surface area contributed by atoms with Crippen LogP contribution in [0.1, 0.15) is 47.2 Å². The van der Waals surface area contributed by atoms with Crippen LogP contribution in [-0.4, -0.2) is 69.5 Å². The first-order valence-electron chi connectivity index (χ1n) is 15.5. The van der Waals surface area contributed by atoms with E-state index < -0.39 is 30.3 Å². The number of anilines is 1. The summed E-state index contributed by atoms with van der Waals surface area (Å²) in [6.07, 6.45) is 4.26. The highest BCUT2D eigenvalue weighted by molar-refractivity contribution is 6.34. The van der Waals surface area contributed by atoms with E-state index in [1.165, 1.54) is 6.07 Å². The Morgan fingerprint density at radius 1 is 1.06 bits per heavy atom. The average Bonchev–Trinajstić information content (AvgIpc) is 3.41. The Kier molecular flexibility index (Phi) is 11.4. The Morgan fingerprint density at radius 2 is 1.86 bits per heavy atom. The number of aliphatic carboxylic acids is 2. The minimum atomic E-state index is -1.60. The van der Waals surface area contributed by atoms with Crippen LogP contribution < -0.4 is 19.7 Å². The molecule has 12 nitrogen and oxygen atoms in total. The van der Waals surface area contributed by atoms with Crippen LogP contribution in [0.25, 0.3) is 11.1 Å². The SMILES string of the molecule is Cc1c(Cl)cccc1OCCCC(=O)N1CCCOc2c(-c3cnn(Cc4ccc(C(=O)N[C@@H](CC(=O)O)C(=O)O)c(Cl)c4)c3)cccc21. The molecule has 4 aromatic rings. The molecule has 0 bridgehead atoms. The summed E-state index contributed by atoms with van der Waals surface area (Å²) in [5.41, 5.74) is 3.83. The first-order valence-corrected chi connectivity index (χ1v) is 16.3. The lowest BCUT2D eigenvalue weighted by Gasteiger charge is -2.23. The summed E-state index contributed by atoms with van der Waals surface area (Å²) < 4.78 is 13.7. The second-order valence-corrected chi connectivity index (χ2v) is 12.2. The molecule has 1 aromatic heterocycles. The molecule has 0 unspecified atom stereocenters. The van der Waals surface area contributed by atoms with E-state index in [2.05, 4.69) is 10.4 Å². The van der Waals surface area contributed by atoms with Gasteiger partial charge in [-0.1, -0.05) is 47.5 Å². The van der Waals surface area contributed by atoms with E-state index >= 15 is 0 Å². The van der Waals surface area contributed by atoms with E-state index in [0.29, 0.717) is 73.3 Å². The van der Waals surface area contributed by atoms with E-state index in [1.54, 1.807) is 34.0 Å². The molecule has 3 aromatic carbocycles. The average molecular weight is 710 g/mol. The van der Waals surface area contributed by atoms with Crippen LogP contribution >= 0.6 is 23.2 Å². The van der Waals surface area contributed by atoms with Gasteiger partial charge in [0.15, 0.2) is 5.75 Å². The second-order valence-electron chi connectivity index (χ2n) is 11.4. The number of carboxylic acid groups (broad SMARTS) is 2. The molecule has 0 aliphatic carbocycles. The van der Waals surface area contributed by atoms with Gasteiger partial charge in [-0.3, -0.25) is 19.1 Å². The Morgan fingerprint density at radius 3 is 2.61 bits per heavy atom. The first-order chi connectivity index (χ1) is 23.5. The number of benzene rings is 3. The fraction of sp³-hybridized carbons (Fsp3) is 0.286. The lowest BCUT2D eigenvalue weighted by molar-refractivity contribution is -0.145. The van der Waals surface area contributed by atoms with Gasteiger partial charge in [0, 0.05) is 40.9 Å². The molecule has 0 saturated carbocycles. The number of fused-ring (bicyclic) bond motifs is 1. The van der Waals surface area contributed by atoms with Gasteiger partial charge in [0.1, 0.15) is 11.8 Å². The maximum atomic E-state index is 13.4. The zero-order valence-electron chi connectivity index (χ0n) is 26.5. The third-order valence-electron chi connectivity index (χ3n) is 7.92. The standard InChI is InChI=1S/C35H34Cl2N4O8/c1-21-26(36)7-3-9-30(21)48-14-4-10-31(42)41-13-5-15-49-33-24(6-2-8-29(33)41)23-18-38-40(20-23)19-22-11-12-25(27(37)16-22)34(45)39-28(35(46)47)17-32(43)44/h2-3,6-9,11-12,16,18,20,28H,4-5,10,13-15,17,19H2,1H3,(H,39,45)(H,43,44)(H,46,47)/t28-/m0/s1. The zero-order valence-corrected chi connectivity index (χ0v) is 28.0. The van der Waals surface area contributed by atoms with E-state index in [9.17, 15) is 24.3 Å². The van der Waals surface area contributed by atoms with Gasteiger partial charge in [-0.15, -0.1) is 0 Å². The summed E-state index contributed by atoms with van der Waals surface area (Å²) in [6.45, 7) is 3.54. The van der Waals surface area contributed by atoms with Crippen molar-refractivity contribution in [3.63, 3.8) is 0 Å². The molecular weight excluding hydrogens is 675 g/mol. The number of nitrogens with one attached hydrogen (secondary N) is 1. The molecule has 5 rings (SSSR count). The number of carbonyl (C=O) groups is 4. The predicted molar refractivity (Wildman–Crippen MR) is 183 cm³/mol. The van der Waals surface area contributed by atoms with Gasteiger partial charge in [0.25, 0.3) is 5.91 Å². The summed E-state index contributed by atoms with van der Waals surface area (Å²) in [5, 5.41) is 25.5. The van der Waals surface area contributed by atoms with Crippen LogP contribution in [-0.2, 0) is 20.9 Å². The number of rotatable bonds is 13. The van der Waals surface area contributed by atoms with Crippen LogP contribution in [0.2, 0.25) is 10.0 Å². The van der Waals surface area contributed by atoms with Crippen molar-refractivity contribution < 1.29 is 38.9 Å². The molecule has 0 spiro atoms. The molecule has 2 amide bonds. The monoisotopic (exact) mass is 708 g/mol. The lowest BCUT2D eigenvalue weighted by atomic mass is 10.1. The highest BCUT2D eigenvalue weighted by Crippen LogP contribution is 2.40. The first kappa shape index (κ1) is 35.2. The quantitative estimate of drug-likeness (QED) is 0.145. The fourth-order valence-corrected chi connectivity index (χ4v) is 5.86. The maximum absolute atomic E-state index is 13.4. The molecule has 0 fully saturated rings. The minimum absolute atomic E-state index is 0.00942. The van der Waals surface area contributed by atoms with Gasteiger partial charge in [-0.05, 0) is 55.7 Å². The maximum Gasteiger partial charge on any atom is 0.326 e. The summed E-state index contributed by atoms with van der Waals surface area (Å²) in [5.74, 6) is -2.36. The molecule has 2 heterocycles. The normalized spacial score (nSPS) is 13.1. The van der Waals surface area contributed by atoms with Crippen LogP contribution in [0, 0.1) is 6.92 Å². The third kappa shape index (κ3) is 8.70.